The van der Waals surface area contributed by atoms with Crippen molar-refractivity contribution < 1.29 is 19.2 Å². The van der Waals surface area contributed by atoms with E-state index in [4.69, 9.17) is 14.4 Å². The molecule has 0 saturated heterocycles. The smallest absolute Gasteiger partial charge is 0.344 e. The summed E-state index contributed by atoms with van der Waals surface area (Å²) in [5.41, 5.74) is 0.740. The second-order valence-corrected chi connectivity index (χ2v) is 12.6. The lowest BCUT2D eigenvalue weighted by Crippen LogP contribution is -2.51. The number of hydrogen-bond donors (Lipinski definition) is 1. The van der Waals surface area contributed by atoms with Gasteiger partial charge in [-0.05, 0) is 32.0 Å². The standard InChI is InChI=1S/C18H29NO4Si/c1-17(2,3)24(6,7)23-18(4,5)16(19-22-13-15(20)21)14-11-9-8-10-12-14/h8-12H,13H2,1-7H3,(H,20,21). The van der Waals surface area contributed by atoms with E-state index in [9.17, 15) is 4.79 Å². The van der Waals surface area contributed by atoms with Crippen molar-refractivity contribution in [2.45, 2.75) is 58.4 Å². The Kier molecular flexibility index (Phi) is 6.36. The molecule has 0 radical (unpaired) electrons. The maximum Gasteiger partial charge on any atom is 0.344 e. The summed E-state index contributed by atoms with van der Waals surface area (Å²) in [4.78, 5) is 15.7. The summed E-state index contributed by atoms with van der Waals surface area (Å²) >= 11 is 0. The summed E-state index contributed by atoms with van der Waals surface area (Å²) in [6.45, 7) is 14.3. The van der Waals surface area contributed by atoms with Gasteiger partial charge in [0.05, 0.1) is 5.60 Å². The SMILES string of the molecule is CC(C)(O[Si](C)(C)C(C)(C)C)C(=NOCC(=O)O)c1ccccc1. The Morgan fingerprint density at radius 2 is 1.67 bits per heavy atom. The highest BCUT2D eigenvalue weighted by Crippen LogP contribution is 2.39. The van der Waals surface area contributed by atoms with Crippen molar-refractivity contribution in [2.24, 2.45) is 5.16 Å². The van der Waals surface area contributed by atoms with Crippen LogP contribution in [0, 0.1) is 0 Å². The highest BCUT2D eigenvalue weighted by Gasteiger charge is 2.43. The van der Waals surface area contributed by atoms with Gasteiger partial charge in [-0.25, -0.2) is 4.79 Å². The largest absolute Gasteiger partial charge is 0.479 e. The van der Waals surface area contributed by atoms with Gasteiger partial charge in [0.2, 0.25) is 6.61 Å². The van der Waals surface area contributed by atoms with Gasteiger partial charge in [-0.15, -0.1) is 0 Å². The van der Waals surface area contributed by atoms with E-state index in [-0.39, 0.29) is 5.04 Å². The first-order valence-corrected chi connectivity index (χ1v) is 11.0. The molecule has 5 nitrogen and oxygen atoms in total. The number of aliphatic carboxylic acids is 1. The highest BCUT2D eigenvalue weighted by molar-refractivity contribution is 6.74. The van der Waals surface area contributed by atoms with Gasteiger partial charge in [-0.1, -0.05) is 56.3 Å². The van der Waals surface area contributed by atoms with E-state index in [1.54, 1.807) is 0 Å². The molecule has 0 aliphatic rings. The number of oxime groups is 1. The fourth-order valence-corrected chi connectivity index (χ4v) is 3.78. The Morgan fingerprint density at radius 1 is 1.12 bits per heavy atom. The summed E-state index contributed by atoms with van der Waals surface area (Å²) in [6, 6.07) is 9.56. The van der Waals surface area contributed by atoms with Crippen LogP contribution in [0.5, 0.6) is 0 Å². The van der Waals surface area contributed by atoms with Gasteiger partial charge in [-0.2, -0.15) is 0 Å². The van der Waals surface area contributed by atoms with Gasteiger partial charge in [0.1, 0.15) is 5.71 Å². The molecule has 0 bridgehead atoms. The number of rotatable bonds is 7. The summed E-state index contributed by atoms with van der Waals surface area (Å²) in [5.74, 6) is -1.06. The van der Waals surface area contributed by atoms with Crippen molar-refractivity contribution in [3.63, 3.8) is 0 Å². The topological polar surface area (TPSA) is 68.1 Å². The molecule has 0 atom stereocenters. The number of carbonyl (C=O) groups is 1. The van der Waals surface area contributed by atoms with Crippen LogP contribution in [0.1, 0.15) is 40.2 Å². The van der Waals surface area contributed by atoms with Crippen LogP contribution >= 0.6 is 0 Å². The molecule has 0 amide bonds. The van der Waals surface area contributed by atoms with Crippen LogP contribution in [0.15, 0.2) is 35.5 Å². The average molecular weight is 352 g/mol. The summed E-state index contributed by atoms with van der Waals surface area (Å²) in [7, 11) is -2.05. The molecule has 0 fully saturated rings. The van der Waals surface area contributed by atoms with Crippen LogP contribution in [0.4, 0.5) is 0 Å². The lowest BCUT2D eigenvalue weighted by molar-refractivity contribution is -0.142. The fourth-order valence-electron chi connectivity index (χ4n) is 2.10. The quantitative estimate of drug-likeness (QED) is 0.452. The maximum absolute atomic E-state index is 10.7. The molecule has 0 aliphatic heterocycles. The van der Waals surface area contributed by atoms with Gasteiger partial charge in [-0.3, -0.25) is 0 Å². The van der Waals surface area contributed by atoms with E-state index in [1.165, 1.54) is 0 Å². The minimum atomic E-state index is -2.05. The molecule has 0 heterocycles. The molecule has 0 aromatic heterocycles. The second kappa shape index (κ2) is 7.48. The Labute approximate surface area is 145 Å². The first-order chi connectivity index (χ1) is 10.9. The minimum Gasteiger partial charge on any atom is -0.479 e. The van der Waals surface area contributed by atoms with Crippen LogP contribution in [0.3, 0.4) is 0 Å². The minimum absolute atomic E-state index is 0.0496. The normalized spacial score (nSPS) is 13.7. The zero-order valence-corrected chi connectivity index (χ0v) is 16.7. The van der Waals surface area contributed by atoms with E-state index in [0.717, 1.165) is 5.56 Å². The number of nitrogens with zero attached hydrogens (tertiary/aromatic N) is 1. The molecule has 6 heteroatoms. The second-order valence-electron chi connectivity index (χ2n) is 7.85. The summed E-state index contributed by atoms with van der Waals surface area (Å²) in [6.07, 6.45) is 0. The molecular weight excluding hydrogens is 322 g/mol. The van der Waals surface area contributed by atoms with Crippen molar-refractivity contribution >= 4 is 20.0 Å². The zero-order valence-electron chi connectivity index (χ0n) is 15.7. The van der Waals surface area contributed by atoms with Crippen LogP contribution in [0.25, 0.3) is 0 Å². The van der Waals surface area contributed by atoms with E-state index in [1.807, 2.05) is 44.2 Å². The van der Waals surface area contributed by atoms with Gasteiger partial charge in [0.25, 0.3) is 0 Å². The van der Waals surface area contributed by atoms with Gasteiger partial charge < -0.3 is 14.4 Å². The molecule has 134 valence electrons. The first kappa shape index (κ1) is 20.4. The van der Waals surface area contributed by atoms with Crippen molar-refractivity contribution in [1.82, 2.24) is 0 Å². The van der Waals surface area contributed by atoms with E-state index in [2.05, 4.69) is 39.0 Å². The lowest BCUT2D eigenvalue weighted by atomic mass is 9.96. The van der Waals surface area contributed by atoms with Crippen molar-refractivity contribution in [3.8, 4) is 0 Å². The van der Waals surface area contributed by atoms with Crippen molar-refractivity contribution in [3.05, 3.63) is 35.9 Å². The van der Waals surface area contributed by atoms with Gasteiger partial charge in [0.15, 0.2) is 8.32 Å². The molecule has 0 unspecified atom stereocenters. The molecule has 1 N–H and O–H groups in total. The van der Waals surface area contributed by atoms with E-state index in [0.29, 0.717) is 5.71 Å². The van der Waals surface area contributed by atoms with Gasteiger partial charge in [0, 0.05) is 5.56 Å². The Balaban J connectivity index is 3.19. The fraction of sp³-hybridized carbons (Fsp3) is 0.556. The third-order valence-corrected chi connectivity index (χ3v) is 8.91. The third-order valence-electron chi connectivity index (χ3n) is 4.28. The molecule has 0 spiro atoms. The number of hydrogen-bond acceptors (Lipinski definition) is 4. The lowest BCUT2D eigenvalue weighted by Gasteiger charge is -2.43. The number of benzene rings is 1. The summed E-state index contributed by atoms with van der Waals surface area (Å²) in [5, 5.41) is 12.9. The van der Waals surface area contributed by atoms with E-state index >= 15 is 0 Å². The van der Waals surface area contributed by atoms with Crippen LogP contribution in [-0.4, -0.2) is 37.3 Å². The molecule has 1 aromatic carbocycles. The number of carboxylic acids is 1. The Morgan fingerprint density at radius 3 is 2.12 bits per heavy atom. The van der Waals surface area contributed by atoms with Crippen LogP contribution in [0.2, 0.25) is 18.1 Å². The zero-order chi connectivity index (χ0) is 18.6. The van der Waals surface area contributed by atoms with Gasteiger partial charge >= 0.3 is 5.97 Å². The molecular formula is C18H29NO4Si. The summed E-state index contributed by atoms with van der Waals surface area (Å²) < 4.78 is 6.54. The maximum atomic E-state index is 10.7. The molecule has 0 aliphatic carbocycles. The average Bonchev–Trinajstić information content (AvgIpc) is 2.41. The Bertz CT molecular complexity index is 589. The van der Waals surface area contributed by atoms with E-state index < -0.39 is 26.5 Å². The molecule has 24 heavy (non-hydrogen) atoms. The molecule has 1 rings (SSSR count). The molecule has 1 aromatic rings. The van der Waals surface area contributed by atoms with Crippen molar-refractivity contribution in [2.75, 3.05) is 6.61 Å². The highest BCUT2D eigenvalue weighted by atomic mass is 28.4. The van der Waals surface area contributed by atoms with Crippen LogP contribution < -0.4 is 0 Å². The Hall–Kier alpha value is -1.66. The number of carboxylic acid groups (broad SMARTS) is 1. The van der Waals surface area contributed by atoms with Crippen molar-refractivity contribution in [1.29, 1.82) is 0 Å². The molecule has 0 saturated carbocycles. The predicted octanol–water partition coefficient (Wildman–Crippen LogP) is 4.29. The third kappa shape index (κ3) is 5.45. The predicted molar refractivity (Wildman–Crippen MR) is 98.9 cm³/mol. The first-order valence-electron chi connectivity index (χ1n) is 8.05. The van der Waals surface area contributed by atoms with Crippen LogP contribution in [-0.2, 0) is 14.1 Å². The monoisotopic (exact) mass is 351 g/mol.